The summed E-state index contributed by atoms with van der Waals surface area (Å²) in [6, 6.07) is 18.6. The van der Waals surface area contributed by atoms with E-state index in [1.165, 1.54) is 35.2 Å². The van der Waals surface area contributed by atoms with E-state index in [9.17, 15) is 32.7 Å². The Hall–Kier alpha value is -4.35. The Bertz CT molecular complexity index is 1640. The summed E-state index contributed by atoms with van der Waals surface area (Å²) in [4.78, 5) is 41.2. The van der Waals surface area contributed by atoms with Crippen molar-refractivity contribution in [1.29, 1.82) is 0 Å². The van der Waals surface area contributed by atoms with Crippen LogP contribution in [0.1, 0.15) is 23.5 Å². The molecule has 1 aliphatic rings. The van der Waals surface area contributed by atoms with Crippen molar-refractivity contribution in [2.45, 2.75) is 30.7 Å². The summed E-state index contributed by atoms with van der Waals surface area (Å²) in [6.45, 7) is 0.0922. The van der Waals surface area contributed by atoms with Crippen LogP contribution in [0.25, 0.3) is 22.0 Å². The van der Waals surface area contributed by atoms with Gasteiger partial charge in [-0.2, -0.15) is 13.2 Å². The molecule has 1 saturated heterocycles. The fourth-order valence-electron chi connectivity index (χ4n) is 5.03. The highest BCUT2D eigenvalue weighted by atomic mass is 35.5. The second-order valence-corrected chi connectivity index (χ2v) is 9.56. The van der Waals surface area contributed by atoms with Crippen LogP contribution in [-0.4, -0.2) is 40.8 Å². The number of amides is 1. The summed E-state index contributed by atoms with van der Waals surface area (Å²) in [5.74, 6) is -1.80. The van der Waals surface area contributed by atoms with E-state index in [2.05, 4.69) is 4.98 Å². The third-order valence-corrected chi connectivity index (χ3v) is 7.00. The number of hydrogen-bond acceptors (Lipinski definition) is 5. The Morgan fingerprint density at radius 1 is 1.05 bits per heavy atom. The first-order valence-electron chi connectivity index (χ1n) is 12.4. The number of benzene rings is 3. The molecule has 214 valence electrons. The number of ether oxygens (including phenoxy) is 1. The number of H-pyrrole nitrogens is 1. The molecule has 8 nitrogen and oxygen atoms in total. The minimum atomic E-state index is -4.60. The second-order valence-electron chi connectivity index (χ2n) is 9.56. The molecule has 0 radical (unpaired) electrons. The lowest BCUT2D eigenvalue weighted by Crippen LogP contribution is -2.38. The van der Waals surface area contributed by atoms with Gasteiger partial charge in [-0.3, -0.25) is 14.5 Å². The van der Waals surface area contributed by atoms with Crippen molar-refractivity contribution >= 4 is 40.9 Å². The zero-order valence-corrected chi connectivity index (χ0v) is 22.1. The average molecular weight is 588 g/mol. The third-order valence-electron chi connectivity index (χ3n) is 7.00. The molecule has 1 aliphatic heterocycles. The molecule has 5 rings (SSSR count). The molecule has 1 amide bonds. The second kappa shape index (κ2) is 11.6. The number of halogens is 4. The molecule has 2 heterocycles. The quantitative estimate of drug-likeness (QED) is 0.260. The van der Waals surface area contributed by atoms with Crippen molar-refractivity contribution in [1.82, 2.24) is 4.98 Å². The normalized spacial score (nSPS) is 16.6. The third kappa shape index (κ3) is 6.06. The van der Waals surface area contributed by atoms with Crippen LogP contribution in [-0.2, 0) is 15.7 Å². The Labute approximate surface area is 238 Å². The van der Waals surface area contributed by atoms with Crippen molar-refractivity contribution in [2.75, 3.05) is 11.4 Å². The molecule has 41 heavy (non-hydrogen) atoms. The first-order valence-corrected chi connectivity index (χ1v) is 12.4. The number of nitrogens with one attached hydrogen (secondary N) is 1. The minimum Gasteiger partial charge on any atom is -0.480 e. The predicted octanol–water partition coefficient (Wildman–Crippen LogP) is 5.55. The van der Waals surface area contributed by atoms with Crippen molar-refractivity contribution in [2.24, 2.45) is 5.73 Å². The standard InChI is InChI=1S/C29H24F3N3O5.ClH/c30-29(31,32)23-9-5-4-8-20(23)24-12-17-10-11-18(13-22(17)26(36)34-24)35-15-19(40-28(35)39)14-21(25(33)27(37)38)16-6-2-1-3-7-16;/h1-13,19,21,25H,14-15,33H2,(H,34,36)(H,37,38);1H. The number of carbonyl (C=O) groups is 2. The summed E-state index contributed by atoms with van der Waals surface area (Å²) < 4.78 is 46.1. The molecular formula is C29H25ClF3N3O5. The van der Waals surface area contributed by atoms with Gasteiger partial charge in [0.1, 0.15) is 12.1 Å². The van der Waals surface area contributed by atoms with Gasteiger partial charge >= 0.3 is 18.2 Å². The van der Waals surface area contributed by atoms with E-state index in [-0.39, 0.29) is 42.0 Å². The highest BCUT2D eigenvalue weighted by Crippen LogP contribution is 2.37. The lowest BCUT2D eigenvalue weighted by Gasteiger charge is -2.23. The summed E-state index contributed by atoms with van der Waals surface area (Å²) in [7, 11) is 0. The number of aromatic amines is 1. The van der Waals surface area contributed by atoms with Crippen LogP contribution in [0.2, 0.25) is 0 Å². The lowest BCUT2D eigenvalue weighted by molar-refractivity contribution is -0.139. The maximum absolute atomic E-state index is 13.5. The number of cyclic esters (lactones) is 1. The number of aliphatic carboxylic acids is 1. The Kier molecular flexibility index (Phi) is 8.41. The molecule has 0 spiro atoms. The number of carboxylic acid groups (broad SMARTS) is 1. The minimum absolute atomic E-state index is 0. The summed E-state index contributed by atoms with van der Waals surface area (Å²) in [6.07, 6.45) is -5.78. The van der Waals surface area contributed by atoms with E-state index in [0.717, 1.165) is 6.07 Å². The molecule has 1 aromatic heterocycles. The smallest absolute Gasteiger partial charge is 0.417 e. The Morgan fingerprint density at radius 3 is 2.41 bits per heavy atom. The van der Waals surface area contributed by atoms with Crippen molar-refractivity contribution in [3.05, 3.63) is 100 Å². The van der Waals surface area contributed by atoms with Crippen LogP contribution in [0.3, 0.4) is 0 Å². The number of carboxylic acids is 1. The zero-order valence-electron chi connectivity index (χ0n) is 21.3. The SMILES string of the molecule is Cl.NC(C(=O)O)C(CC1CN(c2ccc3cc(-c4ccccc4C(F)(F)F)[nH]c(=O)c3c2)C(=O)O1)c1ccccc1. The molecule has 1 fully saturated rings. The van der Waals surface area contributed by atoms with E-state index < -0.39 is 47.4 Å². The van der Waals surface area contributed by atoms with Gasteiger partial charge in [0.25, 0.3) is 5.56 Å². The predicted molar refractivity (Wildman–Crippen MR) is 149 cm³/mol. The number of rotatable bonds is 7. The topological polar surface area (TPSA) is 126 Å². The first-order chi connectivity index (χ1) is 19.0. The van der Waals surface area contributed by atoms with Gasteiger partial charge in [0.05, 0.1) is 12.1 Å². The van der Waals surface area contributed by atoms with Crippen molar-refractivity contribution in [3.63, 3.8) is 0 Å². The van der Waals surface area contributed by atoms with E-state index >= 15 is 0 Å². The Morgan fingerprint density at radius 2 is 1.73 bits per heavy atom. The van der Waals surface area contributed by atoms with Gasteiger partial charge in [-0.05, 0) is 41.6 Å². The van der Waals surface area contributed by atoms with Crippen LogP contribution in [0.4, 0.5) is 23.7 Å². The molecular weight excluding hydrogens is 563 g/mol. The number of nitrogens with two attached hydrogens (primary N) is 1. The summed E-state index contributed by atoms with van der Waals surface area (Å²) in [5.41, 5.74) is 5.39. The van der Waals surface area contributed by atoms with Crippen LogP contribution in [0, 0.1) is 0 Å². The van der Waals surface area contributed by atoms with Crippen LogP contribution in [0.5, 0.6) is 0 Å². The number of fused-ring (bicyclic) bond motifs is 1. The fourth-order valence-corrected chi connectivity index (χ4v) is 5.03. The van der Waals surface area contributed by atoms with E-state index in [4.69, 9.17) is 10.5 Å². The number of aromatic nitrogens is 1. The number of nitrogens with zero attached hydrogens (tertiary/aromatic N) is 1. The number of carbonyl (C=O) groups excluding carboxylic acids is 1. The average Bonchev–Trinajstić information content (AvgIpc) is 3.31. The largest absolute Gasteiger partial charge is 0.480 e. The number of hydrogen-bond donors (Lipinski definition) is 3. The van der Waals surface area contributed by atoms with Gasteiger partial charge in [0.2, 0.25) is 0 Å². The highest BCUT2D eigenvalue weighted by Gasteiger charge is 2.37. The number of anilines is 1. The lowest BCUT2D eigenvalue weighted by atomic mass is 9.87. The fraction of sp³-hybridized carbons (Fsp3) is 0.207. The Balaban J connectivity index is 0.00000387. The van der Waals surface area contributed by atoms with Crippen molar-refractivity contribution < 1.29 is 32.6 Å². The van der Waals surface area contributed by atoms with Gasteiger partial charge in [-0.25, -0.2) is 4.79 Å². The zero-order chi connectivity index (χ0) is 28.6. The molecule has 3 atom stereocenters. The van der Waals surface area contributed by atoms with Gasteiger partial charge in [-0.15, -0.1) is 12.4 Å². The first kappa shape index (κ1) is 29.6. The van der Waals surface area contributed by atoms with Gasteiger partial charge in [0.15, 0.2) is 0 Å². The highest BCUT2D eigenvalue weighted by molar-refractivity contribution is 5.95. The van der Waals surface area contributed by atoms with E-state index in [0.29, 0.717) is 16.6 Å². The van der Waals surface area contributed by atoms with Gasteiger partial charge < -0.3 is 20.6 Å². The van der Waals surface area contributed by atoms with Crippen LogP contribution >= 0.6 is 12.4 Å². The van der Waals surface area contributed by atoms with Crippen molar-refractivity contribution in [3.8, 4) is 11.3 Å². The van der Waals surface area contributed by atoms with E-state index in [1.54, 1.807) is 42.5 Å². The molecule has 4 aromatic rings. The van der Waals surface area contributed by atoms with Crippen LogP contribution < -0.4 is 16.2 Å². The summed E-state index contributed by atoms with van der Waals surface area (Å²) >= 11 is 0. The molecule has 3 aromatic carbocycles. The van der Waals surface area contributed by atoms with Crippen LogP contribution in [0.15, 0.2) is 83.7 Å². The molecule has 3 unspecified atom stereocenters. The molecule has 12 heteroatoms. The summed E-state index contributed by atoms with van der Waals surface area (Å²) in [5, 5.41) is 10.1. The molecule has 0 aliphatic carbocycles. The van der Waals surface area contributed by atoms with E-state index in [1.807, 2.05) is 0 Å². The molecule has 4 N–H and O–H groups in total. The monoisotopic (exact) mass is 587 g/mol. The maximum atomic E-state index is 13.5. The number of alkyl halides is 3. The number of pyridine rings is 1. The maximum Gasteiger partial charge on any atom is 0.417 e. The molecule has 0 saturated carbocycles. The molecule has 0 bridgehead atoms. The van der Waals surface area contributed by atoms with Gasteiger partial charge in [0, 0.05) is 28.2 Å². The van der Waals surface area contributed by atoms with Gasteiger partial charge in [-0.1, -0.05) is 54.6 Å².